The van der Waals surface area contributed by atoms with Gasteiger partial charge in [-0.25, -0.2) is 4.79 Å². The van der Waals surface area contributed by atoms with Crippen LogP contribution in [-0.4, -0.2) is 17.0 Å². The van der Waals surface area contributed by atoms with Crippen LogP contribution in [0.15, 0.2) is 39.8 Å². The summed E-state index contributed by atoms with van der Waals surface area (Å²) in [5.74, 6) is -1.29. The third-order valence-electron chi connectivity index (χ3n) is 3.75. The van der Waals surface area contributed by atoms with E-state index in [1.807, 2.05) is 6.92 Å². The van der Waals surface area contributed by atoms with Crippen LogP contribution in [-0.2, 0) is 4.79 Å². The highest BCUT2D eigenvalue weighted by atomic mass is 16.4. The number of amides is 1. The molecule has 3 rings (SSSR count). The van der Waals surface area contributed by atoms with E-state index in [0.717, 1.165) is 30.4 Å². The van der Waals surface area contributed by atoms with Gasteiger partial charge in [-0.3, -0.25) is 4.79 Å². The second-order valence-corrected chi connectivity index (χ2v) is 5.23. The van der Waals surface area contributed by atoms with Gasteiger partial charge < -0.3 is 14.8 Å². The Morgan fingerprint density at radius 3 is 2.71 bits per heavy atom. The fourth-order valence-electron chi connectivity index (χ4n) is 2.63. The molecule has 0 saturated carbocycles. The number of anilines is 1. The largest absolute Gasteiger partial charge is 0.475 e. The summed E-state index contributed by atoms with van der Waals surface area (Å²) in [4.78, 5) is 23.1. The Morgan fingerprint density at radius 2 is 2.05 bits per heavy atom. The van der Waals surface area contributed by atoms with Crippen LogP contribution in [0.5, 0.6) is 0 Å². The lowest BCUT2D eigenvalue weighted by Gasteiger charge is -2.06. The Balaban J connectivity index is 1.86. The lowest BCUT2D eigenvalue weighted by atomic mass is 10.1. The highest BCUT2D eigenvalue weighted by molar-refractivity contribution is 6.05. The summed E-state index contributed by atoms with van der Waals surface area (Å²) in [5, 5.41) is 12.4. The number of rotatable bonds is 3. The Labute approximate surface area is 121 Å². The lowest BCUT2D eigenvalue weighted by Crippen LogP contribution is -2.13. The Hall–Kier alpha value is -2.56. The SMILES string of the molecule is CC1=C(C(=O)Nc2ccc3oc(C(=O)O)cc3c2)CCC1. The minimum Gasteiger partial charge on any atom is -0.475 e. The van der Waals surface area contributed by atoms with E-state index < -0.39 is 5.97 Å². The highest BCUT2D eigenvalue weighted by Crippen LogP contribution is 2.27. The molecule has 1 amide bonds. The van der Waals surface area contributed by atoms with E-state index in [0.29, 0.717) is 16.7 Å². The van der Waals surface area contributed by atoms with Crippen LogP contribution in [0.1, 0.15) is 36.7 Å². The lowest BCUT2D eigenvalue weighted by molar-refractivity contribution is -0.113. The Bertz CT molecular complexity index is 770. The molecule has 0 spiro atoms. The Morgan fingerprint density at radius 1 is 1.24 bits per heavy atom. The maximum Gasteiger partial charge on any atom is 0.371 e. The minimum absolute atomic E-state index is 0.0775. The zero-order valence-electron chi connectivity index (χ0n) is 11.6. The van der Waals surface area contributed by atoms with E-state index in [9.17, 15) is 9.59 Å². The molecule has 2 N–H and O–H groups in total. The maximum atomic E-state index is 12.2. The van der Waals surface area contributed by atoms with Gasteiger partial charge in [-0.15, -0.1) is 0 Å². The molecular formula is C16H15NO4. The molecule has 108 valence electrons. The first-order valence-electron chi connectivity index (χ1n) is 6.81. The number of allylic oxidation sites excluding steroid dienone is 1. The number of furan rings is 1. The number of carboxylic acids is 1. The van der Waals surface area contributed by atoms with Crippen LogP contribution in [0.3, 0.4) is 0 Å². The van der Waals surface area contributed by atoms with Crippen molar-refractivity contribution in [1.29, 1.82) is 0 Å². The third kappa shape index (κ3) is 2.54. The van der Waals surface area contributed by atoms with Crippen LogP contribution >= 0.6 is 0 Å². The summed E-state index contributed by atoms with van der Waals surface area (Å²) in [7, 11) is 0. The van der Waals surface area contributed by atoms with Gasteiger partial charge in [0.25, 0.3) is 5.91 Å². The van der Waals surface area contributed by atoms with Gasteiger partial charge in [-0.1, -0.05) is 5.57 Å². The molecule has 21 heavy (non-hydrogen) atoms. The predicted molar refractivity (Wildman–Crippen MR) is 78.4 cm³/mol. The van der Waals surface area contributed by atoms with Crippen molar-refractivity contribution in [3.8, 4) is 0 Å². The zero-order chi connectivity index (χ0) is 15.0. The minimum atomic E-state index is -1.11. The van der Waals surface area contributed by atoms with Crippen LogP contribution < -0.4 is 5.32 Å². The number of carbonyl (C=O) groups excluding carboxylic acids is 1. The summed E-state index contributed by atoms with van der Waals surface area (Å²) in [6, 6.07) is 6.54. The average molecular weight is 285 g/mol. The molecule has 0 atom stereocenters. The molecule has 0 aliphatic heterocycles. The van der Waals surface area contributed by atoms with Crippen molar-refractivity contribution in [2.24, 2.45) is 0 Å². The summed E-state index contributed by atoms with van der Waals surface area (Å²) >= 11 is 0. The van der Waals surface area contributed by atoms with E-state index in [2.05, 4.69) is 5.32 Å². The number of carboxylic acid groups (broad SMARTS) is 1. The first-order valence-corrected chi connectivity index (χ1v) is 6.81. The van der Waals surface area contributed by atoms with E-state index in [4.69, 9.17) is 9.52 Å². The standard InChI is InChI=1S/C16H15NO4/c1-9-3-2-4-12(9)15(18)17-11-5-6-13-10(7-11)8-14(21-13)16(19)20/h5-8H,2-4H2,1H3,(H,17,18)(H,19,20). The van der Waals surface area contributed by atoms with Gasteiger partial charge in [0.1, 0.15) is 5.58 Å². The molecule has 1 aromatic carbocycles. The second-order valence-electron chi connectivity index (χ2n) is 5.23. The van der Waals surface area contributed by atoms with E-state index in [1.54, 1.807) is 18.2 Å². The number of hydrogen-bond donors (Lipinski definition) is 2. The number of nitrogens with one attached hydrogen (secondary N) is 1. The number of carbonyl (C=O) groups is 2. The van der Waals surface area contributed by atoms with Crippen LogP contribution in [0.2, 0.25) is 0 Å². The molecule has 2 aromatic rings. The van der Waals surface area contributed by atoms with E-state index in [-0.39, 0.29) is 11.7 Å². The van der Waals surface area contributed by atoms with Gasteiger partial charge >= 0.3 is 5.97 Å². The molecule has 5 heteroatoms. The monoisotopic (exact) mass is 285 g/mol. The van der Waals surface area contributed by atoms with Crippen molar-refractivity contribution < 1.29 is 19.1 Å². The molecule has 1 heterocycles. The molecule has 1 aliphatic rings. The fraction of sp³-hybridized carbons (Fsp3) is 0.250. The number of benzene rings is 1. The van der Waals surface area contributed by atoms with Crippen molar-refractivity contribution >= 4 is 28.5 Å². The summed E-state index contributed by atoms with van der Waals surface area (Å²) in [5.41, 5.74) is 3.12. The number of hydrogen-bond acceptors (Lipinski definition) is 3. The zero-order valence-corrected chi connectivity index (χ0v) is 11.6. The Kier molecular flexibility index (Phi) is 3.25. The molecule has 0 bridgehead atoms. The van der Waals surface area contributed by atoms with E-state index >= 15 is 0 Å². The summed E-state index contributed by atoms with van der Waals surface area (Å²) in [6.07, 6.45) is 2.82. The summed E-state index contributed by atoms with van der Waals surface area (Å²) < 4.78 is 5.18. The molecule has 0 saturated heterocycles. The summed E-state index contributed by atoms with van der Waals surface area (Å²) in [6.45, 7) is 1.99. The van der Waals surface area contributed by atoms with Gasteiger partial charge in [0.05, 0.1) is 0 Å². The van der Waals surface area contributed by atoms with Crippen molar-refractivity contribution in [3.05, 3.63) is 41.2 Å². The van der Waals surface area contributed by atoms with Crippen LogP contribution in [0.4, 0.5) is 5.69 Å². The molecule has 0 radical (unpaired) electrons. The van der Waals surface area contributed by atoms with E-state index in [1.165, 1.54) is 6.07 Å². The average Bonchev–Trinajstić information content (AvgIpc) is 3.04. The van der Waals surface area contributed by atoms with Crippen LogP contribution in [0.25, 0.3) is 11.0 Å². The molecule has 0 unspecified atom stereocenters. The van der Waals surface area contributed by atoms with Gasteiger partial charge in [-0.2, -0.15) is 0 Å². The van der Waals surface area contributed by atoms with Crippen molar-refractivity contribution in [3.63, 3.8) is 0 Å². The smallest absolute Gasteiger partial charge is 0.371 e. The first-order chi connectivity index (χ1) is 10.0. The third-order valence-corrected chi connectivity index (χ3v) is 3.75. The quantitative estimate of drug-likeness (QED) is 0.903. The fourth-order valence-corrected chi connectivity index (χ4v) is 2.63. The van der Waals surface area contributed by atoms with Crippen molar-refractivity contribution in [2.45, 2.75) is 26.2 Å². The highest BCUT2D eigenvalue weighted by Gasteiger charge is 2.18. The van der Waals surface area contributed by atoms with Crippen LogP contribution in [0, 0.1) is 0 Å². The normalized spacial score (nSPS) is 14.7. The number of aromatic carboxylic acids is 1. The molecule has 1 aliphatic carbocycles. The molecule has 0 fully saturated rings. The van der Waals surface area contributed by atoms with Crippen molar-refractivity contribution in [1.82, 2.24) is 0 Å². The van der Waals surface area contributed by atoms with Crippen molar-refractivity contribution in [2.75, 3.05) is 5.32 Å². The molecular weight excluding hydrogens is 270 g/mol. The maximum absolute atomic E-state index is 12.2. The van der Waals surface area contributed by atoms with Gasteiger partial charge in [0, 0.05) is 16.6 Å². The molecule has 5 nitrogen and oxygen atoms in total. The van der Waals surface area contributed by atoms with Gasteiger partial charge in [0.2, 0.25) is 5.76 Å². The number of fused-ring (bicyclic) bond motifs is 1. The predicted octanol–water partition coefficient (Wildman–Crippen LogP) is 3.57. The topological polar surface area (TPSA) is 79.5 Å². The van der Waals surface area contributed by atoms with Gasteiger partial charge in [0.15, 0.2) is 0 Å². The molecule has 1 aromatic heterocycles. The van der Waals surface area contributed by atoms with Gasteiger partial charge in [-0.05, 0) is 50.5 Å². The second kappa shape index (κ2) is 5.09. The first kappa shape index (κ1) is 13.4.